The first kappa shape index (κ1) is 15.0. The van der Waals surface area contributed by atoms with Crippen molar-refractivity contribution in [1.82, 2.24) is 5.32 Å². The first-order valence-corrected chi connectivity index (χ1v) is 6.69. The fraction of sp³-hybridized carbons (Fsp3) is 0.786. The minimum atomic E-state index is -0.498. The SMILES string of the molecule is C#CCNC(=O)C(C)OCC1(N)CCCCCC1. The summed E-state index contributed by atoms with van der Waals surface area (Å²) in [5, 5.41) is 2.60. The van der Waals surface area contributed by atoms with E-state index in [1.807, 2.05) is 0 Å². The van der Waals surface area contributed by atoms with E-state index in [1.54, 1.807) is 6.92 Å². The van der Waals surface area contributed by atoms with Crippen molar-refractivity contribution in [3.63, 3.8) is 0 Å². The van der Waals surface area contributed by atoms with Crippen molar-refractivity contribution in [1.29, 1.82) is 0 Å². The maximum atomic E-state index is 11.6. The molecule has 0 aliphatic heterocycles. The van der Waals surface area contributed by atoms with E-state index in [0.29, 0.717) is 6.61 Å². The Labute approximate surface area is 110 Å². The van der Waals surface area contributed by atoms with Gasteiger partial charge in [0.05, 0.1) is 13.2 Å². The maximum absolute atomic E-state index is 11.6. The second-order valence-corrected chi connectivity index (χ2v) is 5.15. The van der Waals surface area contributed by atoms with E-state index in [-0.39, 0.29) is 18.0 Å². The van der Waals surface area contributed by atoms with Crippen LogP contribution in [0, 0.1) is 12.3 Å². The van der Waals surface area contributed by atoms with Crippen LogP contribution in [0.15, 0.2) is 0 Å². The molecule has 0 bridgehead atoms. The predicted molar refractivity (Wildman–Crippen MR) is 71.9 cm³/mol. The highest BCUT2D eigenvalue weighted by Gasteiger charge is 2.28. The summed E-state index contributed by atoms with van der Waals surface area (Å²) in [5.74, 6) is 2.19. The van der Waals surface area contributed by atoms with Crippen LogP contribution >= 0.6 is 0 Å². The van der Waals surface area contributed by atoms with Crippen LogP contribution in [0.2, 0.25) is 0 Å². The predicted octanol–water partition coefficient (Wildman–Crippen LogP) is 1.19. The van der Waals surface area contributed by atoms with Crippen LogP contribution in [0.4, 0.5) is 0 Å². The van der Waals surface area contributed by atoms with Crippen LogP contribution in [-0.4, -0.2) is 30.7 Å². The second-order valence-electron chi connectivity index (χ2n) is 5.15. The van der Waals surface area contributed by atoms with Gasteiger partial charge in [0.15, 0.2) is 0 Å². The van der Waals surface area contributed by atoms with Crippen LogP contribution in [0.3, 0.4) is 0 Å². The molecule has 18 heavy (non-hydrogen) atoms. The highest BCUT2D eigenvalue weighted by atomic mass is 16.5. The third kappa shape index (κ3) is 5.07. The van der Waals surface area contributed by atoms with Crippen LogP contribution in [-0.2, 0) is 9.53 Å². The molecule has 1 aliphatic rings. The number of carbonyl (C=O) groups is 1. The number of hydrogen-bond acceptors (Lipinski definition) is 3. The van der Waals surface area contributed by atoms with Gasteiger partial charge in [-0.3, -0.25) is 4.79 Å². The van der Waals surface area contributed by atoms with Crippen LogP contribution in [0.5, 0.6) is 0 Å². The van der Waals surface area contributed by atoms with E-state index in [1.165, 1.54) is 12.8 Å². The van der Waals surface area contributed by atoms with E-state index < -0.39 is 6.10 Å². The van der Waals surface area contributed by atoms with Gasteiger partial charge in [0.25, 0.3) is 0 Å². The fourth-order valence-electron chi connectivity index (χ4n) is 2.23. The Morgan fingerprint density at radius 1 is 1.44 bits per heavy atom. The summed E-state index contributed by atoms with van der Waals surface area (Å²) < 4.78 is 5.59. The summed E-state index contributed by atoms with van der Waals surface area (Å²) in [6, 6.07) is 0. The molecule has 0 spiro atoms. The number of carbonyl (C=O) groups excluding carboxylic acids is 1. The largest absolute Gasteiger partial charge is 0.367 e. The van der Waals surface area contributed by atoms with E-state index in [2.05, 4.69) is 11.2 Å². The summed E-state index contributed by atoms with van der Waals surface area (Å²) in [6.07, 6.45) is 11.3. The molecular formula is C14H24N2O2. The molecule has 3 N–H and O–H groups in total. The van der Waals surface area contributed by atoms with E-state index in [4.69, 9.17) is 16.9 Å². The maximum Gasteiger partial charge on any atom is 0.249 e. The third-order valence-electron chi connectivity index (χ3n) is 3.45. The number of ether oxygens (including phenoxy) is 1. The zero-order valence-corrected chi connectivity index (χ0v) is 11.2. The normalized spacial score (nSPS) is 20.5. The van der Waals surface area contributed by atoms with Crippen molar-refractivity contribution in [2.75, 3.05) is 13.2 Å². The molecule has 0 aromatic heterocycles. The van der Waals surface area contributed by atoms with Gasteiger partial charge in [0, 0.05) is 5.54 Å². The molecule has 4 heteroatoms. The molecule has 1 unspecified atom stereocenters. The van der Waals surface area contributed by atoms with Gasteiger partial charge >= 0.3 is 0 Å². The summed E-state index contributed by atoms with van der Waals surface area (Å²) in [5.41, 5.74) is 6.05. The molecule has 1 saturated carbocycles. The summed E-state index contributed by atoms with van der Waals surface area (Å²) in [4.78, 5) is 11.6. The Morgan fingerprint density at radius 3 is 2.61 bits per heavy atom. The fourth-order valence-corrected chi connectivity index (χ4v) is 2.23. The Hall–Kier alpha value is -1.05. The second kappa shape index (κ2) is 7.40. The molecule has 1 rings (SSSR count). The highest BCUT2D eigenvalue weighted by molar-refractivity contribution is 5.80. The smallest absolute Gasteiger partial charge is 0.249 e. The van der Waals surface area contributed by atoms with Gasteiger partial charge in [0.2, 0.25) is 5.91 Å². The zero-order chi connectivity index (χ0) is 13.4. The molecule has 0 heterocycles. The van der Waals surface area contributed by atoms with Crippen molar-refractivity contribution in [2.45, 2.75) is 57.1 Å². The average molecular weight is 252 g/mol. The Bertz CT molecular complexity index is 301. The highest BCUT2D eigenvalue weighted by Crippen LogP contribution is 2.25. The molecule has 0 aromatic carbocycles. The molecule has 1 fully saturated rings. The number of rotatable bonds is 5. The molecule has 1 aliphatic carbocycles. The molecule has 0 saturated heterocycles. The zero-order valence-electron chi connectivity index (χ0n) is 11.2. The number of hydrogen-bond donors (Lipinski definition) is 2. The quantitative estimate of drug-likeness (QED) is 0.570. The molecule has 1 amide bonds. The minimum Gasteiger partial charge on any atom is -0.367 e. The van der Waals surface area contributed by atoms with Crippen LogP contribution in [0.1, 0.15) is 45.4 Å². The number of nitrogens with one attached hydrogen (secondary N) is 1. The van der Waals surface area contributed by atoms with Gasteiger partial charge in [-0.2, -0.15) is 0 Å². The monoisotopic (exact) mass is 252 g/mol. The number of nitrogens with two attached hydrogens (primary N) is 1. The van der Waals surface area contributed by atoms with Gasteiger partial charge in [-0.1, -0.05) is 31.6 Å². The minimum absolute atomic E-state index is 0.176. The molecule has 1 atom stereocenters. The van der Waals surface area contributed by atoms with Crippen LogP contribution < -0.4 is 11.1 Å². The lowest BCUT2D eigenvalue weighted by Crippen LogP contribution is -2.46. The Morgan fingerprint density at radius 2 is 2.06 bits per heavy atom. The van der Waals surface area contributed by atoms with E-state index in [9.17, 15) is 4.79 Å². The van der Waals surface area contributed by atoms with E-state index >= 15 is 0 Å². The number of terminal acetylenes is 1. The Kier molecular flexibility index (Phi) is 6.17. The summed E-state index contributed by atoms with van der Waals surface area (Å²) in [7, 11) is 0. The van der Waals surface area contributed by atoms with Gasteiger partial charge in [-0.15, -0.1) is 6.42 Å². The summed E-state index contributed by atoms with van der Waals surface area (Å²) >= 11 is 0. The average Bonchev–Trinajstić information content (AvgIpc) is 2.58. The molecule has 0 radical (unpaired) electrons. The first-order valence-electron chi connectivity index (χ1n) is 6.69. The van der Waals surface area contributed by atoms with Gasteiger partial charge in [-0.25, -0.2) is 0 Å². The van der Waals surface area contributed by atoms with Crippen LogP contribution in [0.25, 0.3) is 0 Å². The van der Waals surface area contributed by atoms with Crippen molar-refractivity contribution >= 4 is 5.91 Å². The molecule has 4 nitrogen and oxygen atoms in total. The lowest BCUT2D eigenvalue weighted by atomic mass is 9.92. The number of amides is 1. The topological polar surface area (TPSA) is 64.3 Å². The van der Waals surface area contributed by atoms with Gasteiger partial charge in [0.1, 0.15) is 6.10 Å². The first-order chi connectivity index (χ1) is 8.57. The standard InChI is InChI=1S/C14H24N2O2/c1-3-10-16-13(17)12(2)18-11-14(15)8-6-4-5-7-9-14/h1,12H,4-11,15H2,2H3,(H,16,17). The van der Waals surface area contributed by atoms with Crippen molar-refractivity contribution in [3.05, 3.63) is 0 Å². The van der Waals surface area contributed by atoms with Crippen molar-refractivity contribution in [2.24, 2.45) is 5.73 Å². The molecular weight excluding hydrogens is 228 g/mol. The lowest BCUT2D eigenvalue weighted by Gasteiger charge is -2.29. The third-order valence-corrected chi connectivity index (χ3v) is 3.45. The van der Waals surface area contributed by atoms with Crippen molar-refractivity contribution in [3.8, 4) is 12.3 Å². The summed E-state index contributed by atoms with van der Waals surface area (Å²) in [6.45, 7) is 2.41. The van der Waals surface area contributed by atoms with Gasteiger partial charge < -0.3 is 15.8 Å². The Balaban J connectivity index is 2.34. The molecule has 0 aromatic rings. The van der Waals surface area contributed by atoms with Gasteiger partial charge in [-0.05, 0) is 19.8 Å². The molecule has 102 valence electrons. The van der Waals surface area contributed by atoms with E-state index in [0.717, 1.165) is 25.7 Å². The lowest BCUT2D eigenvalue weighted by molar-refractivity contribution is -0.132. The van der Waals surface area contributed by atoms with Crippen molar-refractivity contribution < 1.29 is 9.53 Å².